The predicted molar refractivity (Wildman–Crippen MR) is 90.3 cm³/mol. The fourth-order valence-electron chi connectivity index (χ4n) is 2.72. The van der Waals surface area contributed by atoms with Crippen molar-refractivity contribution in [3.63, 3.8) is 0 Å². The van der Waals surface area contributed by atoms with E-state index in [1.807, 2.05) is 30.5 Å². The Kier molecular flexibility index (Phi) is 4.20. The lowest BCUT2D eigenvalue weighted by Gasteiger charge is -2.17. The Bertz CT molecular complexity index is 764. The SMILES string of the molecule is NCC(Cc1c[nH]c2ccccc12)c1cccc(Cl)c1Cl. The zero-order valence-electron chi connectivity index (χ0n) is 11.4. The van der Waals surface area contributed by atoms with Crippen LogP contribution >= 0.6 is 23.2 Å². The summed E-state index contributed by atoms with van der Waals surface area (Å²) in [6.45, 7) is 0.527. The van der Waals surface area contributed by atoms with Crippen LogP contribution in [0.15, 0.2) is 48.7 Å². The number of hydrogen-bond donors (Lipinski definition) is 2. The third-order valence-corrected chi connectivity index (χ3v) is 4.68. The van der Waals surface area contributed by atoms with Gasteiger partial charge in [-0.25, -0.2) is 0 Å². The van der Waals surface area contributed by atoms with E-state index in [-0.39, 0.29) is 5.92 Å². The molecule has 4 heteroatoms. The summed E-state index contributed by atoms with van der Waals surface area (Å²) >= 11 is 12.4. The van der Waals surface area contributed by atoms with Crippen LogP contribution in [0.5, 0.6) is 0 Å². The molecule has 1 unspecified atom stereocenters. The van der Waals surface area contributed by atoms with Gasteiger partial charge in [-0.15, -0.1) is 0 Å². The number of H-pyrrole nitrogens is 1. The fraction of sp³-hybridized carbons (Fsp3) is 0.176. The summed E-state index contributed by atoms with van der Waals surface area (Å²) in [5, 5.41) is 2.41. The molecule has 21 heavy (non-hydrogen) atoms. The molecule has 1 aromatic heterocycles. The summed E-state index contributed by atoms with van der Waals surface area (Å²) < 4.78 is 0. The number of halogens is 2. The van der Waals surface area contributed by atoms with Gasteiger partial charge in [0.15, 0.2) is 0 Å². The lowest BCUT2D eigenvalue weighted by Crippen LogP contribution is -2.15. The van der Waals surface area contributed by atoms with Gasteiger partial charge in [0.1, 0.15) is 0 Å². The summed E-state index contributed by atoms with van der Waals surface area (Å²) in [6, 6.07) is 14.0. The number of aromatic nitrogens is 1. The van der Waals surface area contributed by atoms with Crippen LogP contribution in [0.3, 0.4) is 0 Å². The molecule has 2 aromatic carbocycles. The highest BCUT2D eigenvalue weighted by Gasteiger charge is 2.17. The van der Waals surface area contributed by atoms with Crippen LogP contribution in [0.2, 0.25) is 10.0 Å². The monoisotopic (exact) mass is 318 g/mol. The lowest BCUT2D eigenvalue weighted by atomic mass is 9.92. The van der Waals surface area contributed by atoms with Gasteiger partial charge in [-0.2, -0.15) is 0 Å². The Morgan fingerprint density at radius 3 is 2.67 bits per heavy atom. The molecule has 0 bridgehead atoms. The predicted octanol–water partition coefficient (Wildman–Crippen LogP) is 4.76. The van der Waals surface area contributed by atoms with Crippen molar-refractivity contribution >= 4 is 34.1 Å². The highest BCUT2D eigenvalue weighted by atomic mass is 35.5. The summed E-state index contributed by atoms with van der Waals surface area (Å²) in [4.78, 5) is 3.30. The van der Waals surface area contributed by atoms with Crippen molar-refractivity contribution in [2.75, 3.05) is 6.54 Å². The van der Waals surface area contributed by atoms with E-state index in [0.29, 0.717) is 16.6 Å². The molecule has 0 saturated heterocycles. The molecule has 0 spiro atoms. The van der Waals surface area contributed by atoms with Crippen molar-refractivity contribution in [3.8, 4) is 0 Å². The fourth-order valence-corrected chi connectivity index (χ4v) is 3.18. The van der Waals surface area contributed by atoms with Crippen molar-refractivity contribution in [2.24, 2.45) is 5.73 Å². The number of nitrogens with one attached hydrogen (secondary N) is 1. The van der Waals surface area contributed by atoms with Gasteiger partial charge in [0.05, 0.1) is 10.0 Å². The van der Waals surface area contributed by atoms with Crippen LogP contribution in [0.4, 0.5) is 0 Å². The number of hydrogen-bond acceptors (Lipinski definition) is 1. The van der Waals surface area contributed by atoms with Crippen LogP contribution < -0.4 is 5.73 Å². The maximum absolute atomic E-state index is 6.33. The smallest absolute Gasteiger partial charge is 0.0627 e. The summed E-state index contributed by atoms with van der Waals surface area (Å²) in [6.07, 6.45) is 2.88. The minimum atomic E-state index is 0.149. The maximum Gasteiger partial charge on any atom is 0.0627 e. The molecule has 3 rings (SSSR count). The molecule has 1 heterocycles. The molecule has 2 nitrogen and oxygen atoms in total. The zero-order chi connectivity index (χ0) is 14.8. The largest absolute Gasteiger partial charge is 0.361 e. The first-order valence-electron chi connectivity index (χ1n) is 6.89. The summed E-state index contributed by atoms with van der Waals surface area (Å²) in [5.74, 6) is 0.149. The van der Waals surface area contributed by atoms with Gasteiger partial charge in [-0.05, 0) is 36.2 Å². The number of fused-ring (bicyclic) bond motifs is 1. The van der Waals surface area contributed by atoms with Gasteiger partial charge in [0.25, 0.3) is 0 Å². The van der Waals surface area contributed by atoms with Gasteiger partial charge in [0.2, 0.25) is 0 Å². The average Bonchev–Trinajstić information content (AvgIpc) is 2.91. The second-order valence-corrected chi connectivity index (χ2v) is 5.92. The topological polar surface area (TPSA) is 41.8 Å². The van der Waals surface area contributed by atoms with Crippen molar-refractivity contribution in [2.45, 2.75) is 12.3 Å². The summed E-state index contributed by atoms with van der Waals surface area (Å²) in [7, 11) is 0. The average molecular weight is 319 g/mol. The Balaban J connectivity index is 1.96. The molecule has 0 radical (unpaired) electrons. The van der Waals surface area contributed by atoms with Gasteiger partial charge < -0.3 is 10.7 Å². The second-order valence-electron chi connectivity index (χ2n) is 5.14. The van der Waals surface area contributed by atoms with Crippen molar-refractivity contribution in [1.82, 2.24) is 4.98 Å². The number of aromatic amines is 1. The highest BCUT2D eigenvalue weighted by Crippen LogP contribution is 2.33. The minimum absolute atomic E-state index is 0.149. The van der Waals surface area contributed by atoms with E-state index >= 15 is 0 Å². The molecule has 0 aliphatic carbocycles. The summed E-state index contributed by atoms with van der Waals surface area (Å²) in [5.41, 5.74) is 9.37. The van der Waals surface area contributed by atoms with Crippen LogP contribution in [0.1, 0.15) is 17.0 Å². The molecule has 1 atom stereocenters. The minimum Gasteiger partial charge on any atom is -0.361 e. The molecule has 3 N–H and O–H groups in total. The Labute approximate surface area is 133 Å². The number of rotatable bonds is 4. The molecule has 0 saturated carbocycles. The Morgan fingerprint density at radius 2 is 1.86 bits per heavy atom. The van der Waals surface area contributed by atoms with E-state index in [1.54, 1.807) is 6.07 Å². The van der Waals surface area contributed by atoms with Crippen LogP contribution in [0.25, 0.3) is 10.9 Å². The van der Waals surface area contributed by atoms with E-state index < -0.39 is 0 Å². The molecule has 0 aliphatic rings. The Hall–Kier alpha value is -1.48. The zero-order valence-corrected chi connectivity index (χ0v) is 13.0. The molecular formula is C17H16Cl2N2. The van der Waals surface area contributed by atoms with Crippen LogP contribution in [-0.4, -0.2) is 11.5 Å². The van der Waals surface area contributed by atoms with Crippen molar-refractivity contribution in [1.29, 1.82) is 0 Å². The molecule has 0 aliphatic heterocycles. The third kappa shape index (κ3) is 2.80. The molecular weight excluding hydrogens is 303 g/mol. The normalized spacial score (nSPS) is 12.7. The van der Waals surface area contributed by atoms with Gasteiger partial charge >= 0.3 is 0 Å². The second kappa shape index (κ2) is 6.10. The molecule has 0 fully saturated rings. The lowest BCUT2D eigenvalue weighted by molar-refractivity contribution is 0.697. The molecule has 108 valence electrons. The van der Waals surface area contributed by atoms with E-state index in [0.717, 1.165) is 17.5 Å². The first-order valence-corrected chi connectivity index (χ1v) is 7.65. The van der Waals surface area contributed by atoms with Gasteiger partial charge in [0, 0.05) is 23.0 Å². The first kappa shape index (κ1) is 14.5. The van der Waals surface area contributed by atoms with E-state index in [9.17, 15) is 0 Å². The Morgan fingerprint density at radius 1 is 1.05 bits per heavy atom. The van der Waals surface area contributed by atoms with Crippen LogP contribution in [-0.2, 0) is 6.42 Å². The quantitative estimate of drug-likeness (QED) is 0.715. The number of nitrogens with two attached hydrogens (primary N) is 1. The molecule has 3 aromatic rings. The van der Waals surface area contributed by atoms with E-state index in [4.69, 9.17) is 28.9 Å². The van der Waals surface area contributed by atoms with E-state index in [1.165, 1.54) is 10.9 Å². The maximum atomic E-state index is 6.33. The van der Waals surface area contributed by atoms with Gasteiger partial charge in [-0.1, -0.05) is 53.5 Å². The number of benzene rings is 2. The first-order chi connectivity index (χ1) is 10.2. The van der Waals surface area contributed by atoms with Crippen molar-refractivity contribution < 1.29 is 0 Å². The third-order valence-electron chi connectivity index (χ3n) is 3.85. The van der Waals surface area contributed by atoms with Crippen molar-refractivity contribution in [3.05, 3.63) is 69.8 Å². The van der Waals surface area contributed by atoms with E-state index in [2.05, 4.69) is 17.1 Å². The molecule has 0 amide bonds. The standard InChI is InChI=1S/C17H16Cl2N2/c18-15-6-3-5-14(17(15)19)11(9-20)8-12-10-21-16-7-2-1-4-13(12)16/h1-7,10-11,21H,8-9,20H2. The number of para-hydroxylation sites is 1. The highest BCUT2D eigenvalue weighted by molar-refractivity contribution is 6.42. The van der Waals surface area contributed by atoms with Gasteiger partial charge in [-0.3, -0.25) is 0 Å². The van der Waals surface area contributed by atoms with Crippen LogP contribution in [0, 0.1) is 0 Å².